The fraction of sp³-hybridized carbons (Fsp3) is 0.364. The maximum Gasteiger partial charge on any atom is 0.225 e. The minimum atomic E-state index is -0.625. The second-order valence-corrected chi connectivity index (χ2v) is 4.22. The summed E-state index contributed by atoms with van der Waals surface area (Å²) in [6.07, 6.45) is -0.493. The molecular formula is C11H11ClFNO2. The van der Waals surface area contributed by atoms with E-state index in [2.05, 4.69) is 0 Å². The quantitative estimate of drug-likeness (QED) is 0.857. The van der Waals surface area contributed by atoms with Gasteiger partial charge < -0.3 is 10.0 Å². The Labute approximate surface area is 97.4 Å². The van der Waals surface area contributed by atoms with Crippen LogP contribution in [0.15, 0.2) is 18.2 Å². The van der Waals surface area contributed by atoms with Crippen molar-refractivity contribution in [3.05, 3.63) is 34.6 Å². The second-order valence-electron chi connectivity index (χ2n) is 3.85. The summed E-state index contributed by atoms with van der Waals surface area (Å²) in [6, 6.07) is 4.49. The van der Waals surface area contributed by atoms with Crippen molar-refractivity contribution in [3.8, 4) is 0 Å². The van der Waals surface area contributed by atoms with E-state index in [9.17, 15) is 14.3 Å². The standard InChI is InChI=1S/C11H11ClFNO2/c12-11-7(2-1-3-9(11)13)5-14-6-8(15)4-10(14)16/h1-3,8,15H,4-6H2. The first kappa shape index (κ1) is 11.4. The highest BCUT2D eigenvalue weighted by Gasteiger charge is 2.28. The molecule has 1 aromatic carbocycles. The first-order valence-corrected chi connectivity index (χ1v) is 5.34. The average Bonchev–Trinajstić information content (AvgIpc) is 2.53. The predicted molar refractivity (Wildman–Crippen MR) is 57.5 cm³/mol. The summed E-state index contributed by atoms with van der Waals surface area (Å²) in [5.41, 5.74) is 0.559. The van der Waals surface area contributed by atoms with Crippen molar-refractivity contribution in [2.45, 2.75) is 19.1 Å². The summed E-state index contributed by atoms with van der Waals surface area (Å²) in [6.45, 7) is 0.526. The molecule has 0 bridgehead atoms. The van der Waals surface area contributed by atoms with Gasteiger partial charge in [0, 0.05) is 13.1 Å². The van der Waals surface area contributed by atoms with E-state index in [1.807, 2.05) is 0 Å². The Morgan fingerprint density at radius 2 is 2.31 bits per heavy atom. The van der Waals surface area contributed by atoms with Crippen LogP contribution in [0.4, 0.5) is 4.39 Å². The van der Waals surface area contributed by atoms with E-state index in [4.69, 9.17) is 11.6 Å². The number of amides is 1. The van der Waals surface area contributed by atoms with Crippen molar-refractivity contribution in [2.24, 2.45) is 0 Å². The van der Waals surface area contributed by atoms with Crippen LogP contribution < -0.4 is 0 Å². The van der Waals surface area contributed by atoms with E-state index < -0.39 is 11.9 Å². The number of halogens is 2. The number of β-amino-alcohol motifs (C(OH)–C–C–N with tert-alkyl or cyclic N) is 1. The molecule has 1 fully saturated rings. The van der Waals surface area contributed by atoms with Gasteiger partial charge in [0.05, 0.1) is 17.5 Å². The maximum atomic E-state index is 13.1. The third-order valence-corrected chi connectivity index (χ3v) is 3.01. The molecule has 0 aliphatic carbocycles. The zero-order chi connectivity index (χ0) is 11.7. The Balaban J connectivity index is 2.15. The zero-order valence-electron chi connectivity index (χ0n) is 8.49. The highest BCUT2D eigenvalue weighted by molar-refractivity contribution is 6.31. The molecular weight excluding hydrogens is 233 g/mol. The van der Waals surface area contributed by atoms with Gasteiger partial charge in [0.1, 0.15) is 5.82 Å². The molecule has 1 aliphatic heterocycles. The molecule has 3 nitrogen and oxygen atoms in total. The van der Waals surface area contributed by atoms with Crippen molar-refractivity contribution in [1.29, 1.82) is 0 Å². The van der Waals surface area contributed by atoms with E-state index in [1.54, 1.807) is 12.1 Å². The molecule has 2 rings (SSSR count). The molecule has 1 aromatic rings. The number of aliphatic hydroxyl groups is 1. The van der Waals surface area contributed by atoms with Gasteiger partial charge in [-0.15, -0.1) is 0 Å². The van der Waals surface area contributed by atoms with Gasteiger partial charge in [-0.25, -0.2) is 4.39 Å². The van der Waals surface area contributed by atoms with Crippen LogP contribution in [0.25, 0.3) is 0 Å². The van der Waals surface area contributed by atoms with Crippen molar-refractivity contribution < 1.29 is 14.3 Å². The molecule has 5 heteroatoms. The Morgan fingerprint density at radius 1 is 1.56 bits per heavy atom. The topological polar surface area (TPSA) is 40.5 Å². The third kappa shape index (κ3) is 2.18. The number of likely N-dealkylation sites (tertiary alicyclic amines) is 1. The van der Waals surface area contributed by atoms with Crippen molar-refractivity contribution >= 4 is 17.5 Å². The number of hydrogen-bond acceptors (Lipinski definition) is 2. The number of carbonyl (C=O) groups excluding carboxylic acids is 1. The molecule has 1 atom stereocenters. The number of nitrogens with zero attached hydrogens (tertiary/aromatic N) is 1. The van der Waals surface area contributed by atoms with Crippen molar-refractivity contribution in [2.75, 3.05) is 6.54 Å². The molecule has 1 heterocycles. The number of hydrogen-bond donors (Lipinski definition) is 1. The van der Waals surface area contributed by atoms with Crippen LogP contribution in [0.3, 0.4) is 0 Å². The number of rotatable bonds is 2. The van der Waals surface area contributed by atoms with Gasteiger partial charge in [-0.05, 0) is 11.6 Å². The maximum absolute atomic E-state index is 13.1. The van der Waals surface area contributed by atoms with Gasteiger partial charge >= 0.3 is 0 Å². The lowest BCUT2D eigenvalue weighted by molar-refractivity contribution is -0.128. The molecule has 0 spiro atoms. The monoisotopic (exact) mass is 243 g/mol. The van der Waals surface area contributed by atoms with Gasteiger partial charge in [-0.2, -0.15) is 0 Å². The van der Waals surface area contributed by atoms with Crippen LogP contribution in [-0.2, 0) is 11.3 Å². The number of aliphatic hydroxyl groups excluding tert-OH is 1. The molecule has 1 amide bonds. The molecule has 16 heavy (non-hydrogen) atoms. The Kier molecular flexibility index (Phi) is 3.12. The minimum absolute atomic E-state index is 0.0386. The molecule has 1 aliphatic rings. The highest BCUT2D eigenvalue weighted by atomic mass is 35.5. The van der Waals surface area contributed by atoms with Gasteiger partial charge in [0.25, 0.3) is 0 Å². The largest absolute Gasteiger partial charge is 0.391 e. The summed E-state index contributed by atoms with van der Waals surface area (Å²) in [5.74, 6) is -0.626. The molecule has 0 saturated carbocycles. The lowest BCUT2D eigenvalue weighted by Gasteiger charge is -2.16. The molecule has 0 radical (unpaired) electrons. The Hall–Kier alpha value is -1.13. The average molecular weight is 244 g/mol. The molecule has 0 aromatic heterocycles. The van der Waals surface area contributed by atoms with E-state index in [0.29, 0.717) is 5.56 Å². The van der Waals surface area contributed by atoms with Crippen molar-refractivity contribution in [1.82, 2.24) is 4.90 Å². The molecule has 1 unspecified atom stereocenters. The Bertz CT molecular complexity index is 424. The lowest BCUT2D eigenvalue weighted by Crippen LogP contribution is -2.25. The van der Waals surface area contributed by atoms with E-state index >= 15 is 0 Å². The van der Waals surface area contributed by atoms with Crippen molar-refractivity contribution in [3.63, 3.8) is 0 Å². The fourth-order valence-electron chi connectivity index (χ4n) is 1.78. The summed E-state index contributed by atoms with van der Waals surface area (Å²) in [5, 5.41) is 9.34. The molecule has 1 N–H and O–H groups in total. The van der Waals surface area contributed by atoms with Gasteiger partial charge in [0.15, 0.2) is 0 Å². The van der Waals surface area contributed by atoms with Crippen LogP contribution in [0.1, 0.15) is 12.0 Å². The van der Waals surface area contributed by atoms with Crippen LogP contribution in [0.5, 0.6) is 0 Å². The summed E-state index contributed by atoms with van der Waals surface area (Å²) >= 11 is 5.78. The number of benzene rings is 1. The molecule has 1 saturated heterocycles. The first-order chi connectivity index (χ1) is 7.58. The van der Waals surface area contributed by atoms with E-state index in [-0.39, 0.29) is 30.4 Å². The smallest absolute Gasteiger partial charge is 0.225 e. The summed E-state index contributed by atoms with van der Waals surface area (Å²) in [7, 11) is 0. The second kappa shape index (κ2) is 4.39. The SMILES string of the molecule is O=C1CC(O)CN1Cc1cccc(F)c1Cl. The van der Waals surface area contributed by atoms with Crippen LogP contribution in [0.2, 0.25) is 5.02 Å². The van der Waals surface area contributed by atoms with Crippen LogP contribution in [0, 0.1) is 5.82 Å². The Morgan fingerprint density at radius 3 is 2.94 bits per heavy atom. The van der Waals surface area contributed by atoms with E-state index in [1.165, 1.54) is 11.0 Å². The molecule has 86 valence electrons. The predicted octanol–water partition coefficient (Wildman–Crippen LogP) is 1.57. The normalized spacial score (nSPS) is 20.6. The first-order valence-electron chi connectivity index (χ1n) is 4.96. The number of carbonyl (C=O) groups is 1. The summed E-state index contributed by atoms with van der Waals surface area (Å²) in [4.78, 5) is 12.9. The minimum Gasteiger partial charge on any atom is -0.391 e. The summed E-state index contributed by atoms with van der Waals surface area (Å²) < 4.78 is 13.1. The van der Waals surface area contributed by atoms with Gasteiger partial charge in [0.2, 0.25) is 5.91 Å². The van der Waals surface area contributed by atoms with Gasteiger partial charge in [-0.1, -0.05) is 23.7 Å². The lowest BCUT2D eigenvalue weighted by atomic mass is 10.2. The van der Waals surface area contributed by atoms with Gasteiger partial charge in [-0.3, -0.25) is 4.79 Å². The fourth-order valence-corrected chi connectivity index (χ4v) is 1.97. The van der Waals surface area contributed by atoms with Crippen LogP contribution >= 0.6 is 11.6 Å². The third-order valence-electron chi connectivity index (χ3n) is 2.59. The zero-order valence-corrected chi connectivity index (χ0v) is 9.25. The van der Waals surface area contributed by atoms with Crippen LogP contribution in [-0.4, -0.2) is 28.6 Å². The van der Waals surface area contributed by atoms with E-state index in [0.717, 1.165) is 0 Å². The highest BCUT2D eigenvalue weighted by Crippen LogP contribution is 2.23.